The van der Waals surface area contributed by atoms with E-state index in [1.165, 1.54) is 12.7 Å². The topological polar surface area (TPSA) is 80.1 Å². The van der Waals surface area contributed by atoms with Crippen LogP contribution in [-0.2, 0) is 9.59 Å². The summed E-state index contributed by atoms with van der Waals surface area (Å²) in [5.74, 6) is -0.543. The summed E-state index contributed by atoms with van der Waals surface area (Å²) in [6.45, 7) is 2.96. The average molecular weight is 334 g/mol. The number of hydrogen-bond acceptors (Lipinski definition) is 4. The number of hydrogen-bond donors (Lipinski definition) is 1. The highest BCUT2D eigenvalue weighted by atomic mass is 35.5. The number of anilines is 1. The number of nitrogens with zero attached hydrogens (tertiary/aromatic N) is 4. The number of halogens is 1. The number of rotatable bonds is 4. The molecular formula is C15H16ClN5O2. The Hall–Kier alpha value is -2.41. The van der Waals surface area contributed by atoms with Gasteiger partial charge < -0.3 is 10.2 Å². The minimum atomic E-state index is -0.356. The molecule has 1 atom stereocenters. The number of carbonyl (C=O) groups is 2. The van der Waals surface area contributed by atoms with Crippen LogP contribution in [0.15, 0.2) is 30.9 Å². The summed E-state index contributed by atoms with van der Waals surface area (Å²) in [6.07, 6.45) is 3.19. The Morgan fingerprint density at radius 3 is 2.96 bits per heavy atom. The second-order valence-corrected chi connectivity index (χ2v) is 5.76. The van der Waals surface area contributed by atoms with Crippen molar-refractivity contribution >= 4 is 29.1 Å². The van der Waals surface area contributed by atoms with Crippen molar-refractivity contribution in [1.82, 2.24) is 19.7 Å². The molecule has 0 aliphatic carbocycles. The largest absolute Gasteiger partial charge is 0.342 e. The van der Waals surface area contributed by atoms with Crippen LogP contribution in [0.1, 0.15) is 13.3 Å². The van der Waals surface area contributed by atoms with E-state index >= 15 is 0 Å². The fourth-order valence-corrected chi connectivity index (χ4v) is 2.80. The van der Waals surface area contributed by atoms with Crippen molar-refractivity contribution in [2.75, 3.05) is 18.4 Å². The monoisotopic (exact) mass is 333 g/mol. The van der Waals surface area contributed by atoms with Crippen LogP contribution in [0.25, 0.3) is 5.69 Å². The molecule has 2 heterocycles. The van der Waals surface area contributed by atoms with Gasteiger partial charge in [-0.15, -0.1) is 0 Å². The molecule has 23 heavy (non-hydrogen) atoms. The number of aromatic nitrogens is 3. The Labute approximate surface area is 138 Å². The van der Waals surface area contributed by atoms with E-state index in [-0.39, 0.29) is 24.2 Å². The summed E-state index contributed by atoms with van der Waals surface area (Å²) in [4.78, 5) is 29.8. The molecule has 1 unspecified atom stereocenters. The zero-order valence-electron chi connectivity index (χ0n) is 12.6. The smallest absolute Gasteiger partial charge is 0.229 e. The van der Waals surface area contributed by atoms with Crippen molar-refractivity contribution in [3.05, 3.63) is 35.9 Å². The quantitative estimate of drug-likeness (QED) is 0.924. The van der Waals surface area contributed by atoms with Gasteiger partial charge in [0.15, 0.2) is 0 Å². The molecule has 2 aromatic rings. The molecule has 1 aliphatic heterocycles. The van der Waals surface area contributed by atoms with Crippen LogP contribution < -0.4 is 5.32 Å². The lowest BCUT2D eigenvalue weighted by molar-refractivity contribution is -0.128. The lowest BCUT2D eigenvalue weighted by Gasteiger charge is -2.15. The molecule has 3 rings (SSSR count). The minimum Gasteiger partial charge on any atom is -0.342 e. The van der Waals surface area contributed by atoms with Crippen LogP contribution in [0.5, 0.6) is 0 Å². The molecule has 0 saturated carbocycles. The SMILES string of the molecule is CCN1CC(C(=O)Nc2cc(Cl)ccc2-n2cncn2)CC1=O. The molecule has 0 bridgehead atoms. The van der Waals surface area contributed by atoms with Gasteiger partial charge in [0.05, 0.1) is 17.3 Å². The summed E-state index contributed by atoms with van der Waals surface area (Å²) in [6, 6.07) is 5.13. The van der Waals surface area contributed by atoms with Crippen LogP contribution in [0.2, 0.25) is 5.02 Å². The number of amides is 2. The lowest BCUT2D eigenvalue weighted by atomic mass is 10.1. The van der Waals surface area contributed by atoms with E-state index in [9.17, 15) is 9.59 Å². The highest BCUT2D eigenvalue weighted by molar-refractivity contribution is 6.31. The predicted molar refractivity (Wildman–Crippen MR) is 85.4 cm³/mol. The fourth-order valence-electron chi connectivity index (χ4n) is 2.63. The second kappa shape index (κ2) is 6.37. The van der Waals surface area contributed by atoms with Crippen LogP contribution in [0.3, 0.4) is 0 Å². The number of carbonyl (C=O) groups excluding carboxylic acids is 2. The maximum Gasteiger partial charge on any atom is 0.229 e. The highest BCUT2D eigenvalue weighted by Crippen LogP contribution is 2.26. The molecule has 1 aromatic carbocycles. The van der Waals surface area contributed by atoms with E-state index in [1.54, 1.807) is 27.8 Å². The zero-order chi connectivity index (χ0) is 16.4. The maximum atomic E-state index is 12.5. The standard InChI is InChI=1S/C15H16ClN5O2/c1-2-20-7-10(5-14(20)22)15(23)19-12-6-11(16)3-4-13(12)21-9-17-8-18-21/h3-4,6,8-10H,2,5,7H2,1H3,(H,19,23). The van der Waals surface area contributed by atoms with Gasteiger partial charge in [-0.3, -0.25) is 9.59 Å². The average Bonchev–Trinajstić information content (AvgIpc) is 3.16. The molecule has 1 aliphatic rings. The number of likely N-dealkylation sites (tertiary alicyclic amines) is 1. The van der Waals surface area contributed by atoms with Crippen molar-refractivity contribution in [2.45, 2.75) is 13.3 Å². The minimum absolute atomic E-state index is 0.00949. The van der Waals surface area contributed by atoms with Gasteiger partial charge in [0.1, 0.15) is 12.7 Å². The van der Waals surface area contributed by atoms with E-state index in [1.807, 2.05) is 6.92 Å². The third-order valence-corrected chi connectivity index (χ3v) is 4.08. The summed E-state index contributed by atoms with van der Waals surface area (Å²) < 4.78 is 1.55. The summed E-state index contributed by atoms with van der Waals surface area (Å²) >= 11 is 6.03. The van der Waals surface area contributed by atoms with E-state index in [4.69, 9.17) is 11.6 Å². The first-order valence-electron chi connectivity index (χ1n) is 7.31. The first kappa shape index (κ1) is 15.5. The van der Waals surface area contributed by atoms with Crippen LogP contribution in [0.4, 0.5) is 5.69 Å². The number of nitrogens with one attached hydrogen (secondary N) is 1. The van der Waals surface area contributed by atoms with Crippen LogP contribution >= 0.6 is 11.6 Å². The third-order valence-electron chi connectivity index (χ3n) is 3.85. The van der Waals surface area contributed by atoms with Gasteiger partial charge >= 0.3 is 0 Å². The predicted octanol–water partition coefficient (Wildman–Crippen LogP) is 1.73. The summed E-state index contributed by atoms with van der Waals surface area (Å²) in [7, 11) is 0. The summed E-state index contributed by atoms with van der Waals surface area (Å²) in [5, 5.41) is 7.43. The molecule has 120 valence electrons. The zero-order valence-corrected chi connectivity index (χ0v) is 13.3. The second-order valence-electron chi connectivity index (χ2n) is 5.32. The molecule has 1 N–H and O–H groups in total. The normalized spacial score (nSPS) is 17.6. The Balaban J connectivity index is 1.81. The fraction of sp³-hybridized carbons (Fsp3) is 0.333. The van der Waals surface area contributed by atoms with Crippen molar-refractivity contribution in [3.63, 3.8) is 0 Å². The molecule has 8 heteroatoms. The first-order valence-corrected chi connectivity index (χ1v) is 7.69. The Morgan fingerprint density at radius 2 is 2.30 bits per heavy atom. The van der Waals surface area contributed by atoms with Crippen LogP contribution in [0, 0.1) is 5.92 Å². The lowest BCUT2D eigenvalue weighted by Crippen LogP contribution is -2.28. The molecule has 2 amide bonds. The molecule has 0 radical (unpaired) electrons. The van der Waals surface area contributed by atoms with Gasteiger partial charge in [-0.25, -0.2) is 9.67 Å². The Morgan fingerprint density at radius 1 is 1.48 bits per heavy atom. The van der Waals surface area contributed by atoms with E-state index in [0.717, 1.165) is 0 Å². The van der Waals surface area contributed by atoms with Gasteiger partial charge in [-0.1, -0.05) is 11.6 Å². The molecule has 7 nitrogen and oxygen atoms in total. The molecule has 0 spiro atoms. The van der Waals surface area contributed by atoms with E-state index < -0.39 is 0 Å². The number of benzene rings is 1. The maximum absolute atomic E-state index is 12.5. The molecule has 1 fully saturated rings. The van der Waals surface area contributed by atoms with Crippen molar-refractivity contribution in [3.8, 4) is 5.69 Å². The van der Waals surface area contributed by atoms with E-state index in [0.29, 0.717) is 29.5 Å². The summed E-state index contributed by atoms with van der Waals surface area (Å²) in [5.41, 5.74) is 1.20. The van der Waals surface area contributed by atoms with E-state index in [2.05, 4.69) is 15.4 Å². The van der Waals surface area contributed by atoms with Gasteiger partial charge in [0.25, 0.3) is 0 Å². The van der Waals surface area contributed by atoms with Crippen molar-refractivity contribution < 1.29 is 9.59 Å². The molecular weight excluding hydrogens is 318 g/mol. The first-order chi connectivity index (χ1) is 11.1. The van der Waals surface area contributed by atoms with Gasteiger partial charge in [0, 0.05) is 24.5 Å². The molecule has 1 aromatic heterocycles. The highest BCUT2D eigenvalue weighted by Gasteiger charge is 2.33. The van der Waals surface area contributed by atoms with Gasteiger partial charge in [-0.2, -0.15) is 5.10 Å². The van der Waals surface area contributed by atoms with Crippen LogP contribution in [-0.4, -0.2) is 44.6 Å². The Kier molecular flexibility index (Phi) is 4.29. The van der Waals surface area contributed by atoms with Crippen molar-refractivity contribution in [1.29, 1.82) is 0 Å². The van der Waals surface area contributed by atoms with Crippen molar-refractivity contribution in [2.24, 2.45) is 5.92 Å². The van der Waals surface area contributed by atoms with Gasteiger partial charge in [0.2, 0.25) is 11.8 Å². The Bertz CT molecular complexity index is 731. The third kappa shape index (κ3) is 3.19. The van der Waals surface area contributed by atoms with Gasteiger partial charge in [-0.05, 0) is 25.1 Å². The molecule has 1 saturated heterocycles.